The summed E-state index contributed by atoms with van der Waals surface area (Å²) >= 11 is 0. The summed E-state index contributed by atoms with van der Waals surface area (Å²) in [5.74, 6) is 0.953. The minimum atomic E-state index is 0.0832. The number of rotatable bonds is 12. The van der Waals surface area contributed by atoms with E-state index in [-0.39, 0.29) is 12.1 Å². The lowest BCUT2D eigenvalue weighted by molar-refractivity contribution is 0.442. The molecular formula is C21H35N9. The average molecular weight is 414 g/mol. The van der Waals surface area contributed by atoms with E-state index >= 15 is 0 Å². The highest BCUT2D eigenvalue weighted by Gasteiger charge is 2.19. The molecule has 3 N–H and O–H groups in total. The van der Waals surface area contributed by atoms with E-state index in [1.165, 1.54) is 19.0 Å². The van der Waals surface area contributed by atoms with Crippen LogP contribution in [-0.2, 0) is 0 Å². The smallest absolute Gasteiger partial charge is 0.191 e. The van der Waals surface area contributed by atoms with Crippen LogP contribution in [0.5, 0.6) is 0 Å². The van der Waals surface area contributed by atoms with Gasteiger partial charge >= 0.3 is 0 Å². The van der Waals surface area contributed by atoms with E-state index in [1.807, 2.05) is 11.6 Å². The second-order valence-corrected chi connectivity index (χ2v) is 7.74. The zero-order valence-electron chi connectivity index (χ0n) is 18.9. The zero-order valence-corrected chi connectivity index (χ0v) is 18.9. The van der Waals surface area contributed by atoms with Gasteiger partial charge in [-0.1, -0.05) is 33.1 Å². The molecule has 2 aromatic rings. The summed E-state index contributed by atoms with van der Waals surface area (Å²) in [5.41, 5.74) is 8.02. The number of aryl methyl sites for hydroxylation is 1. The van der Waals surface area contributed by atoms with Gasteiger partial charge in [-0.25, -0.2) is 9.36 Å². The zero-order chi connectivity index (χ0) is 22.1. The number of nitrogens with zero attached hydrogens (tertiary/aromatic N) is 7. The molecule has 2 unspecified atom stereocenters. The molecule has 9 nitrogen and oxygen atoms in total. The first-order valence-corrected chi connectivity index (χ1v) is 10.9. The molecule has 2 atom stereocenters. The lowest BCUT2D eigenvalue weighted by Gasteiger charge is -2.14. The minimum absolute atomic E-state index is 0.0832. The Balaban J connectivity index is 2.25. The third kappa shape index (κ3) is 5.66. The molecule has 0 radical (unpaired) electrons. The average Bonchev–Trinajstić information content (AvgIpc) is 3.27. The van der Waals surface area contributed by atoms with Crippen molar-refractivity contribution in [3.05, 3.63) is 17.5 Å². The van der Waals surface area contributed by atoms with Crippen LogP contribution in [0, 0.1) is 18.3 Å². The lowest BCUT2D eigenvalue weighted by atomic mass is 10.1. The Bertz CT molecular complexity index is 872. The van der Waals surface area contributed by atoms with Crippen LogP contribution in [0.1, 0.15) is 83.1 Å². The van der Waals surface area contributed by atoms with Crippen molar-refractivity contribution in [2.45, 2.75) is 78.8 Å². The van der Waals surface area contributed by atoms with Crippen LogP contribution in [0.2, 0.25) is 0 Å². The van der Waals surface area contributed by atoms with E-state index in [9.17, 15) is 5.26 Å². The van der Waals surface area contributed by atoms with Gasteiger partial charge in [0.15, 0.2) is 11.5 Å². The molecule has 0 aromatic carbocycles. The first kappa shape index (κ1) is 23.5. The highest BCUT2D eigenvalue weighted by Crippen LogP contribution is 2.33. The van der Waals surface area contributed by atoms with Crippen molar-refractivity contribution in [3.63, 3.8) is 0 Å². The normalized spacial score (nSPS) is 13.6. The Morgan fingerprint density at radius 2 is 1.90 bits per heavy atom. The van der Waals surface area contributed by atoms with Crippen molar-refractivity contribution in [1.82, 2.24) is 24.9 Å². The number of unbranched alkanes of at least 4 members (excludes halogenated alkanes) is 2. The number of nitrogens with two attached hydrogens (primary N) is 1. The summed E-state index contributed by atoms with van der Waals surface area (Å²) in [6, 6.07) is 2.43. The molecule has 164 valence electrons. The maximum atomic E-state index is 9.46. The highest BCUT2D eigenvalue weighted by atomic mass is 15.4. The summed E-state index contributed by atoms with van der Waals surface area (Å²) in [4.78, 5) is 0. The molecule has 2 aromatic heterocycles. The Morgan fingerprint density at radius 3 is 2.57 bits per heavy atom. The SMILES string of the molecule is CCCCCC(C)n1nc(C)c(/N=N/c2c(C#N)cnn2C(C)CCNCC)c1N. The quantitative estimate of drug-likeness (QED) is 0.376. The first-order valence-electron chi connectivity index (χ1n) is 10.9. The molecule has 0 saturated heterocycles. The monoisotopic (exact) mass is 413 g/mol. The van der Waals surface area contributed by atoms with Gasteiger partial charge in [0.1, 0.15) is 17.5 Å². The van der Waals surface area contributed by atoms with Crippen LogP contribution < -0.4 is 11.1 Å². The Kier molecular flexibility index (Phi) is 8.99. The third-order valence-electron chi connectivity index (χ3n) is 5.27. The van der Waals surface area contributed by atoms with Crippen molar-refractivity contribution in [2.24, 2.45) is 10.2 Å². The first-order chi connectivity index (χ1) is 14.4. The van der Waals surface area contributed by atoms with E-state index in [2.05, 4.69) is 59.5 Å². The molecule has 9 heteroatoms. The van der Waals surface area contributed by atoms with E-state index in [0.717, 1.165) is 38.0 Å². The molecule has 0 aliphatic carbocycles. The summed E-state index contributed by atoms with van der Waals surface area (Å²) in [7, 11) is 0. The molecular weight excluding hydrogens is 378 g/mol. The van der Waals surface area contributed by atoms with Crippen LogP contribution in [0.25, 0.3) is 0 Å². The van der Waals surface area contributed by atoms with Gasteiger partial charge in [0, 0.05) is 0 Å². The van der Waals surface area contributed by atoms with Crippen molar-refractivity contribution < 1.29 is 0 Å². The Morgan fingerprint density at radius 1 is 1.17 bits per heavy atom. The topological polar surface area (TPSA) is 122 Å². The van der Waals surface area contributed by atoms with Crippen LogP contribution in [0.4, 0.5) is 17.3 Å². The molecule has 2 rings (SSSR count). The van der Waals surface area contributed by atoms with Crippen LogP contribution >= 0.6 is 0 Å². The molecule has 30 heavy (non-hydrogen) atoms. The maximum Gasteiger partial charge on any atom is 0.191 e. The number of azo groups is 1. The van der Waals surface area contributed by atoms with E-state index < -0.39 is 0 Å². The molecule has 0 aliphatic heterocycles. The van der Waals surface area contributed by atoms with Crippen molar-refractivity contribution >= 4 is 17.3 Å². The fourth-order valence-electron chi connectivity index (χ4n) is 3.39. The van der Waals surface area contributed by atoms with Gasteiger partial charge in [0.2, 0.25) is 0 Å². The number of nitrogen functional groups attached to an aromatic ring is 1. The van der Waals surface area contributed by atoms with E-state index in [1.54, 1.807) is 4.68 Å². The molecule has 0 aliphatic rings. The van der Waals surface area contributed by atoms with Gasteiger partial charge in [-0.15, -0.1) is 10.2 Å². The second-order valence-electron chi connectivity index (χ2n) is 7.74. The third-order valence-corrected chi connectivity index (χ3v) is 5.27. The summed E-state index contributed by atoms with van der Waals surface area (Å²) < 4.78 is 3.59. The predicted octanol–water partition coefficient (Wildman–Crippen LogP) is 4.96. The predicted molar refractivity (Wildman–Crippen MR) is 119 cm³/mol. The Labute approximate surface area is 179 Å². The van der Waals surface area contributed by atoms with Crippen molar-refractivity contribution in [3.8, 4) is 6.07 Å². The van der Waals surface area contributed by atoms with Gasteiger partial charge in [0.05, 0.1) is 24.0 Å². The number of hydrogen-bond acceptors (Lipinski definition) is 7. The summed E-state index contributed by atoms with van der Waals surface area (Å²) in [5, 5.41) is 30.5. The minimum Gasteiger partial charge on any atom is -0.382 e. The molecule has 2 heterocycles. The van der Waals surface area contributed by atoms with Crippen LogP contribution in [0.3, 0.4) is 0 Å². The summed E-state index contributed by atoms with van der Waals surface area (Å²) in [6.07, 6.45) is 6.95. The second kappa shape index (κ2) is 11.5. The van der Waals surface area contributed by atoms with Crippen LogP contribution in [0.15, 0.2) is 16.4 Å². The fraction of sp³-hybridized carbons (Fsp3) is 0.667. The number of anilines is 1. The van der Waals surface area contributed by atoms with Gasteiger partial charge < -0.3 is 11.1 Å². The summed E-state index contributed by atoms with van der Waals surface area (Å²) in [6.45, 7) is 12.1. The van der Waals surface area contributed by atoms with E-state index in [4.69, 9.17) is 5.73 Å². The molecule has 0 spiro atoms. The molecule has 0 fully saturated rings. The largest absolute Gasteiger partial charge is 0.382 e. The van der Waals surface area contributed by atoms with Gasteiger partial charge in [-0.2, -0.15) is 15.5 Å². The lowest BCUT2D eigenvalue weighted by Crippen LogP contribution is -2.18. The molecule has 0 saturated carbocycles. The standard InChI is InChI=1S/C21H35N9/c1-6-8-9-10-15(3)29-20(23)19(17(5)28-29)26-27-21-18(13-22)14-25-30(21)16(4)11-12-24-7-2/h14-16,24H,6-12,23H2,1-5H3/b27-26+. The highest BCUT2D eigenvalue weighted by molar-refractivity contribution is 5.61. The van der Waals surface area contributed by atoms with Gasteiger partial charge in [-0.05, 0) is 46.7 Å². The number of hydrogen-bond donors (Lipinski definition) is 2. The number of aromatic nitrogens is 4. The number of nitrogens with one attached hydrogen (secondary N) is 1. The van der Waals surface area contributed by atoms with Crippen molar-refractivity contribution in [1.29, 1.82) is 5.26 Å². The number of nitriles is 1. The van der Waals surface area contributed by atoms with E-state index in [0.29, 0.717) is 22.9 Å². The van der Waals surface area contributed by atoms with Crippen LogP contribution in [-0.4, -0.2) is 32.7 Å². The molecule has 0 amide bonds. The Hall–Kier alpha value is -2.73. The molecule has 0 bridgehead atoms. The van der Waals surface area contributed by atoms with Crippen molar-refractivity contribution in [2.75, 3.05) is 18.8 Å². The maximum absolute atomic E-state index is 9.46. The van der Waals surface area contributed by atoms with Gasteiger partial charge in [-0.3, -0.25) is 0 Å². The van der Waals surface area contributed by atoms with Gasteiger partial charge in [0.25, 0.3) is 0 Å². The fourth-order valence-corrected chi connectivity index (χ4v) is 3.39.